The number of ketones is 1. The Hall–Kier alpha value is -1.39. The first-order valence-electron chi connectivity index (χ1n) is 10.1. The molecule has 0 saturated heterocycles. The summed E-state index contributed by atoms with van der Waals surface area (Å²) < 4.78 is 5.12. The van der Waals surface area contributed by atoms with Gasteiger partial charge in [0.2, 0.25) is 0 Å². The molecule has 0 aromatic heterocycles. The molecule has 1 amide bonds. The predicted molar refractivity (Wildman–Crippen MR) is 109 cm³/mol. The number of aliphatic imine (C=N–C) groups is 1. The standard InChI is InChI=1S/C13H25NO3.C8H15N/c1-6-11(15)8-7-10(2)9-14-12(16)17-13(3,4)5;1-3-8-5-4-7(2)6-9-8/h10H,6-9H2,1-5H3,(H,14,16);7H,3-6H2,1-2H3/t10-;7-/m00/s1. The molecule has 1 N–H and O–H groups in total. The van der Waals surface area contributed by atoms with Gasteiger partial charge in [0.05, 0.1) is 0 Å². The lowest BCUT2D eigenvalue weighted by atomic mass is 9.99. The van der Waals surface area contributed by atoms with E-state index in [1.807, 2.05) is 34.6 Å². The lowest BCUT2D eigenvalue weighted by Gasteiger charge is -2.20. The summed E-state index contributed by atoms with van der Waals surface area (Å²) in [5.74, 6) is 1.40. The first-order chi connectivity index (χ1) is 12.1. The lowest BCUT2D eigenvalue weighted by molar-refractivity contribution is -0.119. The number of hydrogen-bond donors (Lipinski definition) is 1. The van der Waals surface area contributed by atoms with Gasteiger partial charge in [-0.25, -0.2) is 4.79 Å². The number of amides is 1. The normalized spacial score (nSPS) is 18.1. The van der Waals surface area contributed by atoms with Crippen LogP contribution in [0.3, 0.4) is 0 Å². The Balaban J connectivity index is 0.000000577. The highest BCUT2D eigenvalue weighted by Crippen LogP contribution is 2.14. The van der Waals surface area contributed by atoms with E-state index in [9.17, 15) is 9.59 Å². The van der Waals surface area contributed by atoms with E-state index >= 15 is 0 Å². The molecule has 0 unspecified atom stereocenters. The number of nitrogens with one attached hydrogen (secondary N) is 1. The third kappa shape index (κ3) is 13.9. The van der Waals surface area contributed by atoms with E-state index in [2.05, 4.69) is 24.2 Å². The number of alkyl carbamates (subject to hydrolysis) is 1. The minimum atomic E-state index is -0.467. The van der Waals surface area contributed by atoms with Crippen molar-refractivity contribution in [3.8, 4) is 0 Å². The van der Waals surface area contributed by atoms with Crippen LogP contribution in [0.1, 0.15) is 87.0 Å². The summed E-state index contributed by atoms with van der Waals surface area (Å²) in [6, 6.07) is 0. The summed E-state index contributed by atoms with van der Waals surface area (Å²) in [6.45, 7) is 15.5. The van der Waals surface area contributed by atoms with Crippen molar-refractivity contribution in [1.29, 1.82) is 0 Å². The zero-order chi connectivity index (χ0) is 20.2. The monoisotopic (exact) mass is 368 g/mol. The second-order valence-electron chi connectivity index (χ2n) is 8.32. The lowest BCUT2D eigenvalue weighted by Crippen LogP contribution is -2.34. The van der Waals surface area contributed by atoms with Gasteiger partial charge in [0, 0.05) is 31.6 Å². The van der Waals surface area contributed by atoms with Crippen LogP contribution in [0, 0.1) is 11.8 Å². The molecule has 0 fully saturated rings. The molecule has 0 radical (unpaired) electrons. The fraction of sp³-hybridized carbons (Fsp3) is 0.857. The molecule has 2 atom stereocenters. The van der Waals surface area contributed by atoms with Gasteiger partial charge < -0.3 is 10.1 Å². The minimum Gasteiger partial charge on any atom is -0.444 e. The van der Waals surface area contributed by atoms with Crippen molar-refractivity contribution in [1.82, 2.24) is 5.32 Å². The number of ether oxygens (including phenoxy) is 1. The Morgan fingerprint density at radius 1 is 1.31 bits per heavy atom. The topological polar surface area (TPSA) is 67.8 Å². The summed E-state index contributed by atoms with van der Waals surface area (Å²) in [5.41, 5.74) is 0.957. The Morgan fingerprint density at radius 3 is 2.42 bits per heavy atom. The second-order valence-corrected chi connectivity index (χ2v) is 8.32. The number of nitrogens with zero attached hydrogens (tertiary/aromatic N) is 1. The van der Waals surface area contributed by atoms with Crippen molar-refractivity contribution in [2.24, 2.45) is 16.8 Å². The molecule has 5 heteroatoms. The molecule has 0 aromatic rings. The SMILES string of the molecule is CCC(=O)CC[C@H](C)CNC(=O)OC(C)(C)C.CCC1=NC[C@@H](C)CC1. The van der Waals surface area contributed by atoms with Crippen LogP contribution >= 0.6 is 0 Å². The van der Waals surface area contributed by atoms with E-state index in [0.717, 1.165) is 25.3 Å². The van der Waals surface area contributed by atoms with E-state index in [1.165, 1.54) is 18.6 Å². The molecule has 0 aromatic carbocycles. The van der Waals surface area contributed by atoms with Crippen LogP contribution in [0.15, 0.2) is 4.99 Å². The number of carbonyl (C=O) groups excluding carboxylic acids is 2. The molecule has 1 aliphatic heterocycles. The summed E-state index contributed by atoms with van der Waals surface area (Å²) in [6.07, 6.45) is 5.35. The Kier molecular flexibility index (Phi) is 12.2. The zero-order valence-electron chi connectivity index (χ0n) is 18.0. The summed E-state index contributed by atoms with van der Waals surface area (Å²) >= 11 is 0. The maximum atomic E-state index is 11.4. The second kappa shape index (κ2) is 12.9. The molecule has 1 heterocycles. The Bertz CT molecular complexity index is 453. The highest BCUT2D eigenvalue weighted by Gasteiger charge is 2.16. The van der Waals surface area contributed by atoms with E-state index in [1.54, 1.807) is 0 Å². The van der Waals surface area contributed by atoms with Crippen LogP contribution in [-0.4, -0.2) is 36.3 Å². The van der Waals surface area contributed by atoms with E-state index < -0.39 is 11.7 Å². The van der Waals surface area contributed by atoms with Crippen molar-refractivity contribution in [3.05, 3.63) is 0 Å². The van der Waals surface area contributed by atoms with Crippen LogP contribution < -0.4 is 5.32 Å². The predicted octanol–water partition coefficient (Wildman–Crippen LogP) is 5.17. The van der Waals surface area contributed by atoms with Crippen molar-refractivity contribution >= 4 is 17.6 Å². The van der Waals surface area contributed by atoms with Gasteiger partial charge in [-0.2, -0.15) is 0 Å². The molecule has 5 nitrogen and oxygen atoms in total. The Labute approximate surface area is 160 Å². The van der Waals surface area contributed by atoms with Crippen LogP contribution in [0.4, 0.5) is 4.79 Å². The van der Waals surface area contributed by atoms with Crippen LogP contribution in [0.5, 0.6) is 0 Å². The van der Waals surface area contributed by atoms with Gasteiger partial charge in [-0.15, -0.1) is 0 Å². The van der Waals surface area contributed by atoms with Gasteiger partial charge in [0.25, 0.3) is 0 Å². The number of Topliss-reactive ketones (excluding diaryl/α,β-unsaturated/α-hetero) is 1. The third-order valence-corrected chi connectivity index (χ3v) is 4.26. The highest BCUT2D eigenvalue weighted by atomic mass is 16.6. The summed E-state index contributed by atoms with van der Waals surface area (Å²) in [4.78, 5) is 26.9. The van der Waals surface area contributed by atoms with Gasteiger partial charge in [-0.3, -0.25) is 9.79 Å². The van der Waals surface area contributed by atoms with Crippen LogP contribution in [-0.2, 0) is 9.53 Å². The fourth-order valence-electron chi connectivity index (χ4n) is 2.41. The summed E-state index contributed by atoms with van der Waals surface area (Å²) in [7, 11) is 0. The van der Waals surface area contributed by atoms with E-state index in [0.29, 0.717) is 19.4 Å². The molecule has 1 rings (SSSR count). The molecular weight excluding hydrogens is 328 g/mol. The van der Waals surface area contributed by atoms with Gasteiger partial charge in [0.15, 0.2) is 0 Å². The van der Waals surface area contributed by atoms with Gasteiger partial charge >= 0.3 is 6.09 Å². The number of carbonyl (C=O) groups is 2. The average molecular weight is 369 g/mol. The molecule has 0 bridgehead atoms. The fourth-order valence-corrected chi connectivity index (χ4v) is 2.41. The molecule has 1 aliphatic rings. The maximum absolute atomic E-state index is 11.4. The third-order valence-electron chi connectivity index (χ3n) is 4.26. The quantitative estimate of drug-likeness (QED) is 0.673. The minimum absolute atomic E-state index is 0.272. The van der Waals surface area contributed by atoms with Crippen molar-refractivity contribution in [3.63, 3.8) is 0 Å². The van der Waals surface area contributed by atoms with Crippen LogP contribution in [0.25, 0.3) is 0 Å². The van der Waals surface area contributed by atoms with Gasteiger partial charge in [-0.1, -0.05) is 27.7 Å². The molecular formula is C21H40N2O3. The largest absolute Gasteiger partial charge is 0.444 e. The molecule has 0 spiro atoms. The van der Waals surface area contributed by atoms with Gasteiger partial charge in [0.1, 0.15) is 11.4 Å². The average Bonchev–Trinajstić information content (AvgIpc) is 2.57. The number of rotatable bonds is 7. The van der Waals surface area contributed by atoms with Crippen molar-refractivity contribution < 1.29 is 14.3 Å². The smallest absolute Gasteiger partial charge is 0.407 e. The highest BCUT2D eigenvalue weighted by molar-refractivity contribution is 5.84. The number of hydrogen-bond acceptors (Lipinski definition) is 4. The first kappa shape index (κ1) is 24.6. The van der Waals surface area contributed by atoms with E-state index in [-0.39, 0.29) is 11.7 Å². The molecule has 0 saturated carbocycles. The molecule has 0 aliphatic carbocycles. The zero-order valence-corrected chi connectivity index (χ0v) is 18.0. The van der Waals surface area contributed by atoms with Gasteiger partial charge in [-0.05, 0) is 58.3 Å². The maximum Gasteiger partial charge on any atom is 0.407 e. The molecule has 26 heavy (non-hydrogen) atoms. The Morgan fingerprint density at radius 2 is 1.96 bits per heavy atom. The summed E-state index contributed by atoms with van der Waals surface area (Å²) in [5, 5.41) is 2.71. The van der Waals surface area contributed by atoms with Crippen molar-refractivity contribution in [2.75, 3.05) is 13.1 Å². The first-order valence-corrected chi connectivity index (χ1v) is 10.1. The van der Waals surface area contributed by atoms with Crippen LogP contribution in [0.2, 0.25) is 0 Å². The van der Waals surface area contributed by atoms with Crippen molar-refractivity contribution in [2.45, 2.75) is 92.6 Å². The van der Waals surface area contributed by atoms with E-state index in [4.69, 9.17) is 4.74 Å². The molecule has 152 valence electrons.